The van der Waals surface area contributed by atoms with Crippen LogP contribution in [-0.4, -0.2) is 30.8 Å². The van der Waals surface area contributed by atoms with E-state index in [4.69, 9.17) is 4.43 Å². The van der Waals surface area contributed by atoms with Crippen molar-refractivity contribution in [2.45, 2.75) is 161 Å². The molecule has 0 radical (unpaired) electrons. The average Bonchev–Trinajstić information content (AvgIpc) is 2.67. The zero-order valence-electron chi connectivity index (χ0n) is 22.2. The van der Waals surface area contributed by atoms with E-state index in [9.17, 15) is 0 Å². The summed E-state index contributed by atoms with van der Waals surface area (Å²) < 4.78 is 13.1. The van der Waals surface area contributed by atoms with E-state index in [-0.39, 0.29) is 0 Å². The molecule has 176 valence electrons. The Bertz CT molecular complexity index is 351. The maximum absolute atomic E-state index is 7.71. The molecular formula is C26H58OSiSn. The summed E-state index contributed by atoms with van der Waals surface area (Å²) in [6.07, 6.45) is 12.5. The normalized spacial score (nSPS) is 14.4. The molecule has 0 fully saturated rings. The number of hydrogen-bond donors (Lipinski definition) is 0. The summed E-state index contributed by atoms with van der Waals surface area (Å²) in [5, 5.41) is 0. The summed E-state index contributed by atoms with van der Waals surface area (Å²) in [5.41, 5.74) is 2.12. The molecule has 0 heterocycles. The topological polar surface area (TPSA) is 9.23 Å². The zero-order valence-corrected chi connectivity index (χ0v) is 26.1. The Morgan fingerprint density at radius 1 is 0.586 bits per heavy atom. The first-order valence-electron chi connectivity index (χ1n) is 13.4. The van der Waals surface area contributed by atoms with Gasteiger partial charge in [0.25, 0.3) is 0 Å². The third-order valence-electron chi connectivity index (χ3n) is 7.64. The summed E-state index contributed by atoms with van der Waals surface area (Å²) in [5.74, 6) is 0. The molecule has 0 aliphatic rings. The van der Waals surface area contributed by atoms with Gasteiger partial charge in [-0.15, -0.1) is 0 Å². The molecule has 3 heteroatoms. The van der Waals surface area contributed by atoms with Gasteiger partial charge in [0.15, 0.2) is 0 Å². The molecule has 0 saturated carbocycles. The van der Waals surface area contributed by atoms with Crippen molar-refractivity contribution in [3.63, 3.8) is 0 Å². The predicted molar refractivity (Wildman–Crippen MR) is 140 cm³/mol. The van der Waals surface area contributed by atoms with E-state index < -0.39 is 26.7 Å². The summed E-state index contributed by atoms with van der Waals surface area (Å²) >= 11 is -2.41. The summed E-state index contributed by atoms with van der Waals surface area (Å²) in [6.45, 7) is 24.4. The van der Waals surface area contributed by atoms with Crippen LogP contribution in [0.4, 0.5) is 0 Å². The molecule has 0 aromatic rings. The first-order valence-corrected chi connectivity index (χ1v) is 23.2. The van der Waals surface area contributed by atoms with E-state index in [2.05, 4.69) is 69.2 Å². The third-order valence-corrected chi connectivity index (χ3v) is 31.0. The Labute approximate surface area is 191 Å². The molecule has 0 aromatic carbocycles. The van der Waals surface area contributed by atoms with Crippen LogP contribution in [0.3, 0.4) is 0 Å². The maximum atomic E-state index is 7.71. The minimum absolute atomic E-state index is 0.674. The van der Waals surface area contributed by atoms with Gasteiger partial charge in [-0.25, -0.2) is 0 Å². The van der Waals surface area contributed by atoms with Crippen LogP contribution >= 0.6 is 0 Å². The molecule has 0 aromatic heterocycles. The van der Waals surface area contributed by atoms with Crippen molar-refractivity contribution in [3.8, 4) is 0 Å². The number of rotatable bonds is 18. The van der Waals surface area contributed by atoms with Crippen LogP contribution in [0.2, 0.25) is 29.9 Å². The standard InChI is InChI=1S/C14H31OSi.3C4H9.Sn/c1-8-9-10-11-15-16(12(2)3,13(4)5)14(6)7;3*1-3-4-2;/h11-14H,8-10H2,1-7H3;3*1,3-4H2,2H3;. The number of unbranched alkanes of at least 4 members (excludes halogenated alkanes) is 4. The van der Waals surface area contributed by atoms with Crippen LogP contribution in [0.5, 0.6) is 0 Å². The van der Waals surface area contributed by atoms with E-state index in [1.165, 1.54) is 57.8 Å². The van der Waals surface area contributed by atoms with Crippen molar-refractivity contribution >= 4 is 26.7 Å². The summed E-state index contributed by atoms with van der Waals surface area (Å²) in [4.78, 5) is 0. The van der Waals surface area contributed by atoms with E-state index in [0.717, 1.165) is 0 Å². The number of hydrogen-bond acceptors (Lipinski definition) is 1. The Morgan fingerprint density at radius 2 is 0.931 bits per heavy atom. The SMILES string of the molecule is CCCC[CH](O[Si](C(C)C)(C(C)C)C(C)C)[Sn]([CH2]CCC)([CH2]CCC)[CH2]CCC. The van der Waals surface area contributed by atoms with Crippen LogP contribution in [0, 0.1) is 0 Å². The van der Waals surface area contributed by atoms with E-state index in [0.29, 0.717) is 20.7 Å². The van der Waals surface area contributed by atoms with Gasteiger partial charge in [0.2, 0.25) is 0 Å². The molecule has 29 heavy (non-hydrogen) atoms. The fourth-order valence-electron chi connectivity index (χ4n) is 5.98. The molecule has 0 aliphatic heterocycles. The van der Waals surface area contributed by atoms with Crippen LogP contribution < -0.4 is 0 Å². The van der Waals surface area contributed by atoms with Crippen molar-refractivity contribution in [3.05, 3.63) is 0 Å². The minimum atomic E-state index is -2.41. The zero-order chi connectivity index (χ0) is 22.5. The van der Waals surface area contributed by atoms with Gasteiger partial charge >= 0.3 is 192 Å². The average molecular weight is 534 g/mol. The van der Waals surface area contributed by atoms with Gasteiger partial charge in [0, 0.05) is 0 Å². The van der Waals surface area contributed by atoms with Gasteiger partial charge in [-0.3, -0.25) is 0 Å². The second-order valence-electron chi connectivity index (χ2n) is 10.7. The molecule has 0 saturated heterocycles. The van der Waals surface area contributed by atoms with Crippen molar-refractivity contribution in [2.75, 3.05) is 0 Å². The molecule has 0 bridgehead atoms. The second-order valence-corrected chi connectivity index (χ2v) is 30.0. The molecule has 0 aliphatic carbocycles. The molecule has 1 nitrogen and oxygen atoms in total. The molecule has 1 unspecified atom stereocenters. The third kappa shape index (κ3) is 8.79. The molecular weight excluding hydrogens is 475 g/mol. The van der Waals surface area contributed by atoms with Crippen LogP contribution in [0.1, 0.15) is 127 Å². The Kier molecular flexibility index (Phi) is 16.3. The first kappa shape index (κ1) is 30.0. The van der Waals surface area contributed by atoms with Gasteiger partial charge in [-0.1, -0.05) is 0 Å². The van der Waals surface area contributed by atoms with Gasteiger partial charge < -0.3 is 0 Å². The molecule has 0 amide bonds. The van der Waals surface area contributed by atoms with Gasteiger partial charge in [-0.2, -0.15) is 0 Å². The molecule has 0 spiro atoms. The summed E-state index contributed by atoms with van der Waals surface area (Å²) in [7, 11) is -1.82. The van der Waals surface area contributed by atoms with Crippen LogP contribution in [0.15, 0.2) is 0 Å². The Balaban J connectivity index is 6.23. The van der Waals surface area contributed by atoms with E-state index in [1.807, 2.05) is 0 Å². The molecule has 0 N–H and O–H groups in total. The summed E-state index contributed by atoms with van der Waals surface area (Å²) in [6, 6.07) is 0. The van der Waals surface area contributed by atoms with Crippen molar-refractivity contribution < 1.29 is 4.43 Å². The first-order chi connectivity index (χ1) is 13.7. The van der Waals surface area contributed by atoms with Gasteiger partial charge in [0.1, 0.15) is 0 Å². The van der Waals surface area contributed by atoms with Crippen LogP contribution in [-0.2, 0) is 4.43 Å². The molecule has 1 atom stereocenters. The van der Waals surface area contributed by atoms with Crippen LogP contribution in [0.25, 0.3) is 0 Å². The van der Waals surface area contributed by atoms with E-state index in [1.54, 1.807) is 13.3 Å². The van der Waals surface area contributed by atoms with Gasteiger partial charge in [0.05, 0.1) is 0 Å². The monoisotopic (exact) mass is 534 g/mol. The fraction of sp³-hybridized carbons (Fsp3) is 1.00. The Morgan fingerprint density at radius 3 is 1.21 bits per heavy atom. The molecule has 0 rings (SSSR count). The van der Waals surface area contributed by atoms with Gasteiger partial charge in [-0.05, 0) is 0 Å². The Hall–Kier alpha value is 0.976. The quantitative estimate of drug-likeness (QED) is 0.159. The fourth-order valence-corrected chi connectivity index (χ4v) is 31.8. The second kappa shape index (κ2) is 15.7. The predicted octanol–water partition coefficient (Wildman–Crippen LogP) is 10.1. The van der Waals surface area contributed by atoms with Crippen molar-refractivity contribution in [1.29, 1.82) is 0 Å². The van der Waals surface area contributed by atoms with Crippen molar-refractivity contribution in [2.24, 2.45) is 0 Å². The van der Waals surface area contributed by atoms with E-state index >= 15 is 0 Å². The van der Waals surface area contributed by atoms with Crippen molar-refractivity contribution in [1.82, 2.24) is 0 Å².